The maximum absolute atomic E-state index is 13.0. The van der Waals surface area contributed by atoms with Crippen molar-refractivity contribution in [3.05, 3.63) is 35.4 Å². The molecule has 0 saturated heterocycles. The Kier molecular flexibility index (Phi) is 6.27. The number of nitrogens with one attached hydrogen (secondary N) is 1. The Morgan fingerprint density at radius 3 is 2.57 bits per heavy atom. The molecule has 1 amide bonds. The average Bonchev–Trinajstić information content (AvgIpc) is 2.36. The standard InChI is InChI=1S/C16H23F2NO2/c1-11(2)9-16(3,21)10-19-15(20)7-5-12-4-6-13(17)14(18)8-12/h4,6,8,11,21H,5,7,9-10H2,1-3H3,(H,19,20). The Morgan fingerprint density at radius 1 is 1.33 bits per heavy atom. The summed E-state index contributed by atoms with van der Waals surface area (Å²) in [6.45, 7) is 5.86. The lowest BCUT2D eigenvalue weighted by atomic mass is 9.94. The van der Waals surface area contributed by atoms with Crippen molar-refractivity contribution < 1.29 is 18.7 Å². The molecule has 0 aliphatic carbocycles. The van der Waals surface area contributed by atoms with E-state index in [1.807, 2.05) is 13.8 Å². The maximum atomic E-state index is 13.0. The van der Waals surface area contributed by atoms with Crippen LogP contribution in [0.5, 0.6) is 0 Å². The monoisotopic (exact) mass is 299 g/mol. The van der Waals surface area contributed by atoms with E-state index in [4.69, 9.17) is 0 Å². The van der Waals surface area contributed by atoms with Gasteiger partial charge < -0.3 is 10.4 Å². The minimum Gasteiger partial charge on any atom is -0.388 e. The molecule has 0 saturated carbocycles. The van der Waals surface area contributed by atoms with Crippen LogP contribution in [0.25, 0.3) is 0 Å². The molecule has 0 fully saturated rings. The molecular weight excluding hydrogens is 276 g/mol. The summed E-state index contributed by atoms with van der Waals surface area (Å²) in [5.41, 5.74) is -0.371. The molecule has 1 rings (SSSR count). The molecule has 21 heavy (non-hydrogen) atoms. The van der Waals surface area contributed by atoms with Crippen LogP contribution in [0.2, 0.25) is 0 Å². The number of aryl methyl sites for hydroxylation is 1. The van der Waals surface area contributed by atoms with Gasteiger partial charge in [-0.05, 0) is 43.4 Å². The third kappa shape index (κ3) is 6.67. The number of rotatable bonds is 7. The highest BCUT2D eigenvalue weighted by Gasteiger charge is 2.22. The second-order valence-electron chi connectivity index (χ2n) is 6.12. The van der Waals surface area contributed by atoms with Gasteiger partial charge in [0, 0.05) is 13.0 Å². The lowest BCUT2D eigenvalue weighted by Crippen LogP contribution is -2.41. The van der Waals surface area contributed by atoms with Crippen LogP contribution in [0.4, 0.5) is 8.78 Å². The summed E-state index contributed by atoms with van der Waals surface area (Å²) in [5.74, 6) is -1.69. The van der Waals surface area contributed by atoms with E-state index in [1.54, 1.807) is 6.92 Å². The molecule has 0 heterocycles. The number of halogens is 2. The summed E-state index contributed by atoms with van der Waals surface area (Å²) in [6, 6.07) is 3.61. The molecule has 2 N–H and O–H groups in total. The summed E-state index contributed by atoms with van der Waals surface area (Å²) < 4.78 is 25.8. The van der Waals surface area contributed by atoms with Crippen LogP contribution in [0.15, 0.2) is 18.2 Å². The van der Waals surface area contributed by atoms with Gasteiger partial charge in [0.05, 0.1) is 5.60 Å². The Balaban J connectivity index is 2.39. The Morgan fingerprint density at radius 2 is 2.00 bits per heavy atom. The Hall–Kier alpha value is -1.49. The first-order valence-electron chi connectivity index (χ1n) is 7.12. The quantitative estimate of drug-likeness (QED) is 0.813. The minimum atomic E-state index is -0.939. The van der Waals surface area contributed by atoms with Gasteiger partial charge in [-0.1, -0.05) is 19.9 Å². The Bertz CT molecular complexity index is 487. The highest BCUT2D eigenvalue weighted by Crippen LogP contribution is 2.15. The van der Waals surface area contributed by atoms with Gasteiger partial charge in [0.15, 0.2) is 11.6 Å². The second-order valence-corrected chi connectivity index (χ2v) is 6.12. The zero-order chi connectivity index (χ0) is 16.0. The number of amides is 1. The first kappa shape index (κ1) is 17.6. The SMILES string of the molecule is CC(C)CC(C)(O)CNC(=O)CCc1ccc(F)c(F)c1. The lowest BCUT2D eigenvalue weighted by Gasteiger charge is -2.25. The van der Waals surface area contributed by atoms with E-state index in [9.17, 15) is 18.7 Å². The van der Waals surface area contributed by atoms with Gasteiger partial charge in [-0.25, -0.2) is 8.78 Å². The van der Waals surface area contributed by atoms with Crippen LogP contribution in [0.3, 0.4) is 0 Å². The number of carbonyl (C=O) groups is 1. The third-order valence-corrected chi connectivity index (χ3v) is 3.14. The number of hydrogen-bond acceptors (Lipinski definition) is 2. The van der Waals surface area contributed by atoms with E-state index in [-0.39, 0.29) is 18.9 Å². The Labute approximate surface area is 124 Å². The number of benzene rings is 1. The molecule has 0 spiro atoms. The summed E-state index contributed by atoms with van der Waals surface area (Å²) in [4.78, 5) is 11.7. The highest BCUT2D eigenvalue weighted by atomic mass is 19.2. The fourth-order valence-corrected chi connectivity index (χ4v) is 2.28. The molecule has 0 aromatic heterocycles. The van der Waals surface area contributed by atoms with Gasteiger partial charge in [0.25, 0.3) is 0 Å². The summed E-state index contributed by atoms with van der Waals surface area (Å²) in [5, 5.41) is 12.7. The van der Waals surface area contributed by atoms with Crippen LogP contribution in [0.1, 0.15) is 39.2 Å². The molecular formula is C16H23F2NO2. The van der Waals surface area contributed by atoms with E-state index in [1.165, 1.54) is 6.07 Å². The average molecular weight is 299 g/mol. The number of aliphatic hydroxyl groups is 1. The molecule has 5 heteroatoms. The molecule has 1 atom stereocenters. The van der Waals surface area contributed by atoms with Gasteiger partial charge in [-0.3, -0.25) is 4.79 Å². The fourth-order valence-electron chi connectivity index (χ4n) is 2.28. The van der Waals surface area contributed by atoms with Crippen LogP contribution in [0, 0.1) is 17.6 Å². The molecule has 0 radical (unpaired) electrons. The van der Waals surface area contributed by atoms with Crippen molar-refractivity contribution >= 4 is 5.91 Å². The summed E-state index contributed by atoms with van der Waals surface area (Å²) >= 11 is 0. The van der Waals surface area contributed by atoms with E-state index >= 15 is 0 Å². The van der Waals surface area contributed by atoms with Crippen molar-refractivity contribution in [3.8, 4) is 0 Å². The number of carbonyl (C=O) groups excluding carboxylic acids is 1. The van der Waals surface area contributed by atoms with E-state index < -0.39 is 17.2 Å². The van der Waals surface area contributed by atoms with Gasteiger partial charge in [0.1, 0.15) is 0 Å². The maximum Gasteiger partial charge on any atom is 0.220 e. The molecule has 118 valence electrons. The van der Waals surface area contributed by atoms with Crippen LogP contribution >= 0.6 is 0 Å². The van der Waals surface area contributed by atoms with Crippen molar-refractivity contribution in [2.75, 3.05) is 6.54 Å². The van der Waals surface area contributed by atoms with Crippen molar-refractivity contribution in [3.63, 3.8) is 0 Å². The molecule has 3 nitrogen and oxygen atoms in total. The first-order chi connectivity index (χ1) is 9.69. The molecule has 1 aromatic carbocycles. The van der Waals surface area contributed by atoms with Crippen LogP contribution < -0.4 is 5.32 Å². The van der Waals surface area contributed by atoms with Gasteiger partial charge >= 0.3 is 0 Å². The van der Waals surface area contributed by atoms with Gasteiger partial charge in [-0.15, -0.1) is 0 Å². The third-order valence-electron chi connectivity index (χ3n) is 3.14. The van der Waals surface area contributed by atoms with Crippen LogP contribution in [-0.4, -0.2) is 23.2 Å². The molecule has 0 aliphatic heterocycles. The predicted octanol–water partition coefficient (Wildman–Crippen LogP) is 2.81. The fraction of sp³-hybridized carbons (Fsp3) is 0.562. The largest absolute Gasteiger partial charge is 0.388 e. The van der Waals surface area contributed by atoms with Gasteiger partial charge in [0.2, 0.25) is 5.91 Å². The first-order valence-corrected chi connectivity index (χ1v) is 7.12. The lowest BCUT2D eigenvalue weighted by molar-refractivity contribution is -0.122. The van der Waals surface area contributed by atoms with Crippen LogP contribution in [-0.2, 0) is 11.2 Å². The van der Waals surface area contributed by atoms with E-state index in [0.29, 0.717) is 24.3 Å². The molecule has 0 aliphatic rings. The zero-order valence-corrected chi connectivity index (χ0v) is 12.7. The molecule has 1 unspecified atom stereocenters. The topological polar surface area (TPSA) is 49.3 Å². The van der Waals surface area contributed by atoms with Gasteiger partial charge in [-0.2, -0.15) is 0 Å². The number of hydrogen-bond donors (Lipinski definition) is 2. The molecule has 1 aromatic rings. The normalized spacial score (nSPS) is 14.0. The highest BCUT2D eigenvalue weighted by molar-refractivity contribution is 5.76. The second kappa shape index (κ2) is 7.50. The summed E-state index contributed by atoms with van der Waals surface area (Å²) in [7, 11) is 0. The van der Waals surface area contributed by atoms with Crippen molar-refractivity contribution in [1.29, 1.82) is 0 Å². The van der Waals surface area contributed by atoms with Crippen molar-refractivity contribution in [1.82, 2.24) is 5.32 Å². The zero-order valence-electron chi connectivity index (χ0n) is 12.7. The van der Waals surface area contributed by atoms with E-state index in [2.05, 4.69) is 5.32 Å². The molecule has 0 bridgehead atoms. The minimum absolute atomic E-state index is 0.169. The smallest absolute Gasteiger partial charge is 0.220 e. The predicted molar refractivity (Wildman–Crippen MR) is 77.8 cm³/mol. The summed E-state index contributed by atoms with van der Waals surface area (Å²) in [6.07, 6.45) is 1.09. The van der Waals surface area contributed by atoms with E-state index in [0.717, 1.165) is 12.1 Å². The van der Waals surface area contributed by atoms with Crippen molar-refractivity contribution in [2.24, 2.45) is 5.92 Å². The van der Waals surface area contributed by atoms with Crippen molar-refractivity contribution in [2.45, 2.75) is 45.6 Å².